The van der Waals surface area contributed by atoms with Crippen molar-refractivity contribution in [2.75, 3.05) is 46.3 Å². The Balaban J connectivity index is 1.67. The van der Waals surface area contributed by atoms with Crippen molar-refractivity contribution in [1.82, 2.24) is 19.7 Å². The Morgan fingerprint density at radius 2 is 1.91 bits per heavy atom. The summed E-state index contributed by atoms with van der Waals surface area (Å²) in [4.78, 5) is 5.04. The molecule has 2 aliphatic rings. The summed E-state index contributed by atoms with van der Waals surface area (Å²) in [5.74, 6) is 0. The van der Waals surface area contributed by atoms with Crippen LogP contribution in [0.4, 0.5) is 0 Å². The third kappa shape index (κ3) is 2.91. The summed E-state index contributed by atoms with van der Waals surface area (Å²) in [5, 5.41) is 4.92. The average Bonchev–Trinajstić information content (AvgIpc) is 2.86. The molecule has 1 aromatic carbocycles. The summed E-state index contributed by atoms with van der Waals surface area (Å²) in [6.07, 6.45) is 1.18. The third-order valence-corrected chi connectivity index (χ3v) is 5.45. The molecule has 1 saturated heterocycles. The summed E-state index contributed by atoms with van der Waals surface area (Å²) in [5.41, 5.74) is 5.95. The summed E-state index contributed by atoms with van der Waals surface area (Å²) in [7, 11) is 2.24. The van der Waals surface area contributed by atoms with Crippen molar-refractivity contribution in [3.63, 3.8) is 0 Å². The largest absolute Gasteiger partial charge is 0.343 e. The first-order valence-electron chi connectivity index (χ1n) is 8.94. The van der Waals surface area contributed by atoms with E-state index < -0.39 is 0 Å². The first-order chi connectivity index (χ1) is 11.2. The van der Waals surface area contributed by atoms with Gasteiger partial charge in [0.05, 0.1) is 0 Å². The van der Waals surface area contributed by atoms with Crippen molar-refractivity contribution in [2.24, 2.45) is 0 Å². The lowest BCUT2D eigenvalue weighted by Crippen LogP contribution is -2.44. The van der Waals surface area contributed by atoms with Crippen LogP contribution in [-0.2, 0) is 19.5 Å². The van der Waals surface area contributed by atoms with E-state index in [2.05, 4.69) is 51.9 Å². The van der Waals surface area contributed by atoms with Gasteiger partial charge in [-0.05, 0) is 31.7 Å². The molecular formula is C19H28N4. The molecule has 0 radical (unpaired) electrons. The van der Waals surface area contributed by atoms with Gasteiger partial charge < -0.3 is 14.8 Å². The first-order valence-corrected chi connectivity index (χ1v) is 8.94. The van der Waals surface area contributed by atoms with Gasteiger partial charge in [-0.3, -0.25) is 4.90 Å². The highest BCUT2D eigenvalue weighted by atomic mass is 15.2. The van der Waals surface area contributed by atoms with Crippen molar-refractivity contribution in [3.8, 4) is 0 Å². The topological polar surface area (TPSA) is 23.4 Å². The molecule has 0 saturated carbocycles. The summed E-state index contributed by atoms with van der Waals surface area (Å²) in [6.45, 7) is 11.4. The van der Waals surface area contributed by atoms with E-state index in [9.17, 15) is 0 Å². The molecule has 0 amide bonds. The summed E-state index contributed by atoms with van der Waals surface area (Å²) >= 11 is 0. The van der Waals surface area contributed by atoms with Crippen LogP contribution < -0.4 is 5.32 Å². The molecule has 1 fully saturated rings. The molecule has 0 aliphatic carbocycles. The fourth-order valence-electron chi connectivity index (χ4n) is 4.13. The van der Waals surface area contributed by atoms with E-state index in [1.54, 1.807) is 11.3 Å². The smallest absolute Gasteiger partial charge is 0.0486 e. The standard InChI is InChI=1S/C19H28N4/c1-15-3-4-18-16(13-15)17-14-21(2)8-5-19(17)23(18)12-11-22-9-6-20-7-10-22/h3-4,13,20H,5-12,14H2,1-2H3. The van der Waals surface area contributed by atoms with Crippen LogP contribution in [-0.4, -0.2) is 60.7 Å². The molecule has 4 heteroatoms. The number of benzene rings is 1. The third-order valence-electron chi connectivity index (χ3n) is 5.45. The lowest BCUT2D eigenvalue weighted by Gasteiger charge is -2.28. The molecule has 1 N–H and O–H groups in total. The number of rotatable bonds is 3. The molecule has 0 atom stereocenters. The maximum absolute atomic E-state index is 3.44. The zero-order chi connectivity index (χ0) is 15.8. The molecule has 2 aromatic rings. The number of nitrogens with one attached hydrogen (secondary N) is 1. The van der Waals surface area contributed by atoms with Crippen LogP contribution in [0.2, 0.25) is 0 Å². The fourth-order valence-corrected chi connectivity index (χ4v) is 4.13. The van der Waals surface area contributed by atoms with E-state index in [1.165, 1.54) is 49.1 Å². The van der Waals surface area contributed by atoms with Crippen molar-refractivity contribution >= 4 is 10.9 Å². The van der Waals surface area contributed by atoms with Crippen molar-refractivity contribution < 1.29 is 0 Å². The fraction of sp³-hybridized carbons (Fsp3) is 0.579. The van der Waals surface area contributed by atoms with E-state index in [4.69, 9.17) is 0 Å². The van der Waals surface area contributed by atoms with E-state index in [-0.39, 0.29) is 0 Å². The zero-order valence-corrected chi connectivity index (χ0v) is 14.4. The lowest BCUT2D eigenvalue weighted by atomic mass is 10.0. The second-order valence-corrected chi connectivity index (χ2v) is 7.18. The lowest BCUT2D eigenvalue weighted by molar-refractivity contribution is 0.231. The maximum Gasteiger partial charge on any atom is 0.0486 e. The van der Waals surface area contributed by atoms with E-state index in [1.807, 2.05) is 0 Å². The van der Waals surface area contributed by atoms with Crippen LogP contribution in [0.15, 0.2) is 18.2 Å². The molecule has 0 unspecified atom stereocenters. The SMILES string of the molecule is Cc1ccc2c(c1)c1c(n2CCN2CCNCC2)CCN(C)C1. The van der Waals surface area contributed by atoms with Gasteiger partial charge in [0.25, 0.3) is 0 Å². The molecule has 4 rings (SSSR count). The number of likely N-dealkylation sites (N-methyl/N-ethyl adjacent to an activating group) is 1. The molecule has 124 valence electrons. The Bertz CT molecular complexity index is 697. The monoisotopic (exact) mass is 312 g/mol. The number of piperazine rings is 1. The van der Waals surface area contributed by atoms with E-state index >= 15 is 0 Å². The predicted molar refractivity (Wildman–Crippen MR) is 96.0 cm³/mol. The van der Waals surface area contributed by atoms with Gasteiger partial charge in [0.2, 0.25) is 0 Å². The van der Waals surface area contributed by atoms with Gasteiger partial charge in [-0.2, -0.15) is 0 Å². The minimum atomic E-state index is 1.09. The number of aromatic nitrogens is 1. The van der Waals surface area contributed by atoms with Gasteiger partial charge in [-0.15, -0.1) is 0 Å². The van der Waals surface area contributed by atoms with Gasteiger partial charge in [0, 0.05) is 75.4 Å². The Morgan fingerprint density at radius 3 is 2.74 bits per heavy atom. The van der Waals surface area contributed by atoms with Gasteiger partial charge in [0.15, 0.2) is 0 Å². The van der Waals surface area contributed by atoms with Crippen LogP contribution in [0.25, 0.3) is 10.9 Å². The molecule has 1 aromatic heterocycles. The number of aryl methyl sites for hydroxylation is 1. The minimum absolute atomic E-state index is 1.09. The Labute approximate surface area is 139 Å². The van der Waals surface area contributed by atoms with Gasteiger partial charge in [-0.25, -0.2) is 0 Å². The Hall–Kier alpha value is -1.36. The van der Waals surface area contributed by atoms with Gasteiger partial charge in [0.1, 0.15) is 0 Å². The molecule has 23 heavy (non-hydrogen) atoms. The normalized spacial score (nSPS) is 20.1. The highest BCUT2D eigenvalue weighted by molar-refractivity contribution is 5.86. The molecule has 2 aliphatic heterocycles. The average molecular weight is 312 g/mol. The number of nitrogens with zero attached hydrogens (tertiary/aromatic N) is 3. The molecular weight excluding hydrogens is 284 g/mol. The van der Waals surface area contributed by atoms with Crippen molar-refractivity contribution in [1.29, 1.82) is 0 Å². The molecule has 4 nitrogen and oxygen atoms in total. The molecule has 0 bridgehead atoms. The van der Waals surface area contributed by atoms with Crippen LogP contribution in [0.1, 0.15) is 16.8 Å². The molecule has 3 heterocycles. The minimum Gasteiger partial charge on any atom is -0.343 e. The number of fused-ring (bicyclic) bond motifs is 3. The van der Waals surface area contributed by atoms with Gasteiger partial charge >= 0.3 is 0 Å². The number of hydrogen-bond donors (Lipinski definition) is 1. The van der Waals surface area contributed by atoms with Crippen LogP contribution in [0.3, 0.4) is 0 Å². The Morgan fingerprint density at radius 1 is 1.09 bits per heavy atom. The highest BCUT2D eigenvalue weighted by Gasteiger charge is 2.22. The second-order valence-electron chi connectivity index (χ2n) is 7.18. The van der Waals surface area contributed by atoms with Crippen molar-refractivity contribution in [3.05, 3.63) is 35.0 Å². The van der Waals surface area contributed by atoms with E-state index in [0.717, 1.165) is 26.2 Å². The Kier molecular flexibility index (Phi) is 4.14. The quantitative estimate of drug-likeness (QED) is 0.935. The highest BCUT2D eigenvalue weighted by Crippen LogP contribution is 2.31. The van der Waals surface area contributed by atoms with Crippen LogP contribution >= 0.6 is 0 Å². The van der Waals surface area contributed by atoms with Crippen molar-refractivity contribution in [2.45, 2.75) is 26.4 Å². The second kappa shape index (κ2) is 6.27. The van der Waals surface area contributed by atoms with E-state index in [0.29, 0.717) is 0 Å². The maximum atomic E-state index is 3.44. The number of hydrogen-bond acceptors (Lipinski definition) is 3. The predicted octanol–water partition coefficient (Wildman–Crippen LogP) is 1.84. The summed E-state index contributed by atoms with van der Waals surface area (Å²) in [6, 6.07) is 6.98. The van der Waals surface area contributed by atoms with Crippen LogP contribution in [0.5, 0.6) is 0 Å². The van der Waals surface area contributed by atoms with Crippen LogP contribution in [0, 0.1) is 6.92 Å². The first kappa shape index (κ1) is 15.2. The molecule has 0 spiro atoms. The zero-order valence-electron chi connectivity index (χ0n) is 14.4. The summed E-state index contributed by atoms with van der Waals surface area (Å²) < 4.78 is 2.61. The van der Waals surface area contributed by atoms with Gasteiger partial charge in [-0.1, -0.05) is 11.6 Å².